The Morgan fingerprint density at radius 1 is 0.846 bits per heavy atom. The first kappa shape index (κ1) is 26.5. The van der Waals surface area contributed by atoms with Gasteiger partial charge in [0.05, 0.1) is 22.7 Å². The van der Waals surface area contributed by atoms with Gasteiger partial charge in [-0.25, -0.2) is 8.42 Å². The zero-order valence-electron chi connectivity index (χ0n) is 20.5. The van der Waals surface area contributed by atoms with Gasteiger partial charge in [-0.3, -0.25) is 4.98 Å². The molecule has 0 atom stereocenters. The normalized spacial score (nSPS) is 13.0. The lowest BCUT2D eigenvalue weighted by Crippen LogP contribution is -2.31. The molecule has 39 heavy (non-hydrogen) atoms. The number of sulfonamides is 1. The molecule has 11 heteroatoms. The molecule has 4 aromatic rings. The molecule has 0 N–H and O–H groups in total. The van der Waals surface area contributed by atoms with Crippen LogP contribution in [-0.4, -0.2) is 24.5 Å². The molecule has 2 heterocycles. The Hall–Kier alpha value is -4.09. The van der Waals surface area contributed by atoms with Gasteiger partial charge in [0.1, 0.15) is 12.4 Å². The highest BCUT2D eigenvalue weighted by Gasteiger charge is 2.33. The zero-order valence-corrected chi connectivity index (χ0v) is 21.3. The molecule has 0 bridgehead atoms. The number of aromatic nitrogens is 1. The number of alkyl halides is 3. The Balaban J connectivity index is 1.38. The molecule has 0 amide bonds. The van der Waals surface area contributed by atoms with Crippen LogP contribution in [0.4, 0.5) is 13.2 Å². The van der Waals surface area contributed by atoms with Gasteiger partial charge in [0.25, 0.3) is 0 Å². The molecule has 0 radical (unpaired) electrons. The van der Waals surface area contributed by atoms with Crippen LogP contribution in [0.15, 0.2) is 96.0 Å². The third-order valence-electron chi connectivity index (χ3n) is 5.96. The maximum Gasteiger partial charge on any atom is 0.416 e. The summed E-state index contributed by atoms with van der Waals surface area (Å²) < 4.78 is 84.8. The molecule has 0 spiro atoms. The van der Waals surface area contributed by atoms with Crippen LogP contribution in [0.25, 0.3) is 0 Å². The quantitative estimate of drug-likeness (QED) is 0.259. The minimum absolute atomic E-state index is 0.115. The van der Waals surface area contributed by atoms with Crippen molar-refractivity contribution in [2.24, 2.45) is 0 Å². The van der Waals surface area contributed by atoms with Crippen LogP contribution in [0.5, 0.6) is 17.2 Å². The Bertz CT molecular complexity index is 1560. The second-order valence-corrected chi connectivity index (χ2v) is 10.7. The highest BCUT2D eigenvalue weighted by molar-refractivity contribution is 7.89. The Morgan fingerprint density at radius 3 is 2.46 bits per heavy atom. The largest absolute Gasteiger partial charge is 0.489 e. The number of nitrogens with zero attached hydrogens (tertiary/aromatic N) is 2. The number of pyridine rings is 1. The van der Waals surface area contributed by atoms with E-state index in [1.807, 2.05) is 12.1 Å². The van der Waals surface area contributed by atoms with Crippen molar-refractivity contribution in [3.05, 3.63) is 114 Å². The van der Waals surface area contributed by atoms with E-state index in [-0.39, 0.29) is 26.5 Å². The van der Waals surface area contributed by atoms with Gasteiger partial charge in [-0.15, -0.1) is 0 Å². The molecule has 0 saturated carbocycles. The van der Waals surface area contributed by atoms with Crippen LogP contribution >= 0.6 is 0 Å². The SMILES string of the molecule is O=S(=O)(c1cccc(C(F)(F)F)c1)N(Cc1cccc(OCc2ccc3c(c2)OCO3)c1)Cc1ccccn1. The fourth-order valence-corrected chi connectivity index (χ4v) is 5.46. The van der Waals surface area contributed by atoms with Crippen LogP contribution in [0.3, 0.4) is 0 Å². The summed E-state index contributed by atoms with van der Waals surface area (Å²) in [7, 11) is -4.33. The van der Waals surface area contributed by atoms with Crippen molar-refractivity contribution in [1.29, 1.82) is 0 Å². The van der Waals surface area contributed by atoms with Gasteiger partial charge >= 0.3 is 6.18 Å². The van der Waals surface area contributed by atoms with Gasteiger partial charge in [0.15, 0.2) is 11.5 Å². The molecular weight excluding hydrogens is 533 g/mol. The summed E-state index contributed by atoms with van der Waals surface area (Å²) in [4.78, 5) is 3.74. The minimum atomic E-state index is -4.68. The molecule has 3 aromatic carbocycles. The molecule has 202 valence electrons. The molecular formula is C28H23F3N2O5S. The third kappa shape index (κ3) is 6.32. The van der Waals surface area contributed by atoms with Crippen molar-refractivity contribution < 1.29 is 35.8 Å². The van der Waals surface area contributed by atoms with Gasteiger partial charge in [-0.1, -0.05) is 30.3 Å². The smallest absolute Gasteiger partial charge is 0.416 e. The van der Waals surface area contributed by atoms with Crippen LogP contribution < -0.4 is 14.2 Å². The summed E-state index contributed by atoms with van der Waals surface area (Å²) in [5.41, 5.74) is 0.849. The molecule has 5 rings (SSSR count). The standard InChI is InChI=1S/C28H23F3N2O5S/c29-28(30,31)22-6-4-9-25(15-22)39(34,35)33(17-23-7-1-2-12-32-23)16-20-5-3-8-24(13-20)36-18-21-10-11-26-27(14-21)38-19-37-26/h1-15H,16-19H2. The molecule has 7 nitrogen and oxygen atoms in total. The van der Waals surface area contributed by atoms with Crippen molar-refractivity contribution in [3.8, 4) is 17.2 Å². The lowest BCUT2D eigenvalue weighted by molar-refractivity contribution is -0.137. The first-order valence-corrected chi connectivity index (χ1v) is 13.3. The minimum Gasteiger partial charge on any atom is -0.489 e. The average Bonchev–Trinajstić information content (AvgIpc) is 3.40. The first-order valence-electron chi connectivity index (χ1n) is 11.9. The van der Waals surface area contributed by atoms with Gasteiger partial charge in [-0.05, 0) is 65.7 Å². The van der Waals surface area contributed by atoms with E-state index in [1.165, 1.54) is 6.20 Å². The number of benzene rings is 3. The monoisotopic (exact) mass is 556 g/mol. The van der Waals surface area contributed by atoms with Crippen molar-refractivity contribution in [2.75, 3.05) is 6.79 Å². The topological polar surface area (TPSA) is 78.0 Å². The third-order valence-corrected chi connectivity index (χ3v) is 7.75. The van der Waals surface area contributed by atoms with Crippen LogP contribution in [0.1, 0.15) is 22.4 Å². The van der Waals surface area contributed by atoms with E-state index in [0.29, 0.717) is 34.6 Å². The van der Waals surface area contributed by atoms with Crippen LogP contribution in [-0.2, 0) is 35.9 Å². The summed E-state index contributed by atoms with van der Waals surface area (Å²) in [5.74, 6) is 1.80. The number of halogens is 3. The summed E-state index contributed by atoms with van der Waals surface area (Å²) in [6.45, 7) is 0.151. The van der Waals surface area contributed by atoms with E-state index < -0.39 is 26.7 Å². The van der Waals surface area contributed by atoms with Crippen molar-refractivity contribution in [1.82, 2.24) is 9.29 Å². The second-order valence-electron chi connectivity index (χ2n) is 8.74. The maximum atomic E-state index is 13.6. The highest BCUT2D eigenvalue weighted by Crippen LogP contribution is 2.33. The van der Waals surface area contributed by atoms with E-state index in [4.69, 9.17) is 14.2 Å². The molecule has 0 aliphatic carbocycles. The van der Waals surface area contributed by atoms with E-state index in [1.54, 1.807) is 48.5 Å². The van der Waals surface area contributed by atoms with Crippen molar-refractivity contribution in [3.63, 3.8) is 0 Å². The number of rotatable bonds is 9. The number of hydrogen-bond acceptors (Lipinski definition) is 6. The summed E-state index contributed by atoms with van der Waals surface area (Å²) in [5, 5.41) is 0. The number of hydrogen-bond donors (Lipinski definition) is 0. The highest BCUT2D eigenvalue weighted by atomic mass is 32.2. The van der Waals surface area contributed by atoms with Crippen LogP contribution in [0, 0.1) is 0 Å². The van der Waals surface area contributed by atoms with E-state index >= 15 is 0 Å². The molecule has 0 unspecified atom stereocenters. The van der Waals surface area contributed by atoms with Crippen molar-refractivity contribution in [2.45, 2.75) is 30.8 Å². The maximum absolute atomic E-state index is 13.6. The van der Waals surface area contributed by atoms with Gasteiger partial charge in [0, 0.05) is 12.7 Å². The van der Waals surface area contributed by atoms with Gasteiger partial charge < -0.3 is 14.2 Å². The molecule has 1 aliphatic heterocycles. The predicted octanol–water partition coefficient (Wildman–Crippen LogP) is 5.80. The fourth-order valence-electron chi connectivity index (χ4n) is 4.01. The lowest BCUT2D eigenvalue weighted by atomic mass is 10.2. The summed E-state index contributed by atoms with van der Waals surface area (Å²) in [6, 6.07) is 21.1. The Labute approximate surface area is 223 Å². The zero-order chi connectivity index (χ0) is 27.5. The first-order chi connectivity index (χ1) is 18.7. The average molecular weight is 557 g/mol. The fraction of sp³-hybridized carbons (Fsp3) is 0.179. The van der Waals surface area contributed by atoms with E-state index in [9.17, 15) is 21.6 Å². The Kier molecular flexibility index (Phi) is 7.45. The van der Waals surface area contributed by atoms with E-state index in [2.05, 4.69) is 4.98 Å². The second kappa shape index (κ2) is 11.0. The molecule has 1 aromatic heterocycles. The van der Waals surface area contributed by atoms with Gasteiger partial charge in [-0.2, -0.15) is 17.5 Å². The number of fused-ring (bicyclic) bond motifs is 1. The lowest BCUT2D eigenvalue weighted by Gasteiger charge is -2.23. The predicted molar refractivity (Wildman–Crippen MR) is 135 cm³/mol. The number of ether oxygens (including phenoxy) is 3. The summed E-state index contributed by atoms with van der Waals surface area (Å²) in [6.07, 6.45) is -3.16. The van der Waals surface area contributed by atoms with Gasteiger partial charge in [0.2, 0.25) is 16.8 Å². The molecule has 1 aliphatic rings. The van der Waals surface area contributed by atoms with Crippen LogP contribution in [0.2, 0.25) is 0 Å². The molecule has 0 saturated heterocycles. The van der Waals surface area contributed by atoms with E-state index in [0.717, 1.165) is 28.1 Å². The molecule has 0 fully saturated rings. The summed E-state index contributed by atoms with van der Waals surface area (Å²) >= 11 is 0. The van der Waals surface area contributed by atoms with Crippen molar-refractivity contribution >= 4 is 10.0 Å². The Morgan fingerprint density at radius 2 is 1.67 bits per heavy atom.